The third-order valence-corrected chi connectivity index (χ3v) is 2.95. The minimum Gasteiger partial charge on any atom is -0.293 e. The Bertz CT molecular complexity index is 584. The van der Waals surface area contributed by atoms with E-state index in [4.69, 9.17) is 0 Å². The lowest BCUT2D eigenvalue weighted by Crippen LogP contribution is -2.15. The number of aryl methyl sites for hydroxylation is 1. The van der Waals surface area contributed by atoms with Gasteiger partial charge in [-0.05, 0) is 24.6 Å². The summed E-state index contributed by atoms with van der Waals surface area (Å²) in [4.78, 5) is 15.7. The highest BCUT2D eigenvalue weighted by Gasteiger charge is 2.10. The summed E-state index contributed by atoms with van der Waals surface area (Å²) in [7, 11) is 0. The first-order valence-electron chi connectivity index (χ1n) is 5.17. The fraction of sp³-hybridized carbons (Fsp3) is 0.182. The van der Waals surface area contributed by atoms with E-state index in [1.54, 1.807) is 13.0 Å². The third-order valence-electron chi connectivity index (χ3n) is 2.21. The standard InChI is InChI=1S/C11H10BrFN4O/c1-6-14-11(17-16-6)15-10(18)4-7-2-3-8(13)5-9(7)12/h2-3,5H,4H2,1H3,(H2,14,15,16,17,18). The lowest BCUT2D eigenvalue weighted by Gasteiger charge is -2.04. The molecule has 7 heteroatoms. The average molecular weight is 313 g/mol. The molecule has 0 saturated carbocycles. The van der Waals surface area contributed by atoms with E-state index in [0.717, 1.165) is 0 Å². The quantitative estimate of drug-likeness (QED) is 0.912. The second-order valence-corrected chi connectivity index (χ2v) is 4.56. The molecule has 0 fully saturated rings. The number of anilines is 1. The number of aromatic nitrogens is 3. The van der Waals surface area contributed by atoms with Crippen molar-refractivity contribution >= 4 is 27.8 Å². The zero-order chi connectivity index (χ0) is 13.1. The molecule has 0 aliphatic carbocycles. The zero-order valence-corrected chi connectivity index (χ0v) is 11.1. The summed E-state index contributed by atoms with van der Waals surface area (Å²) in [5.74, 6) is 0.237. The van der Waals surface area contributed by atoms with Crippen molar-refractivity contribution in [2.45, 2.75) is 13.3 Å². The second-order valence-electron chi connectivity index (χ2n) is 3.71. The van der Waals surface area contributed by atoms with Crippen molar-refractivity contribution in [3.8, 4) is 0 Å². The molecule has 2 aromatic rings. The van der Waals surface area contributed by atoms with Gasteiger partial charge in [0.1, 0.15) is 11.6 Å². The number of benzene rings is 1. The molecular formula is C11H10BrFN4O. The van der Waals surface area contributed by atoms with Crippen LogP contribution in [0.4, 0.5) is 10.3 Å². The van der Waals surface area contributed by atoms with Gasteiger partial charge in [-0.3, -0.25) is 15.2 Å². The minimum absolute atomic E-state index is 0.119. The number of hydrogen-bond acceptors (Lipinski definition) is 3. The number of nitrogens with zero attached hydrogens (tertiary/aromatic N) is 2. The Morgan fingerprint density at radius 3 is 2.94 bits per heavy atom. The van der Waals surface area contributed by atoms with E-state index in [2.05, 4.69) is 36.4 Å². The molecule has 0 saturated heterocycles. The van der Waals surface area contributed by atoms with Gasteiger partial charge in [-0.25, -0.2) is 4.39 Å². The van der Waals surface area contributed by atoms with E-state index in [9.17, 15) is 9.18 Å². The highest BCUT2D eigenvalue weighted by Crippen LogP contribution is 2.18. The number of carbonyl (C=O) groups excluding carboxylic acids is 1. The van der Waals surface area contributed by atoms with E-state index in [0.29, 0.717) is 15.9 Å². The van der Waals surface area contributed by atoms with Gasteiger partial charge in [0.25, 0.3) is 0 Å². The molecule has 0 atom stereocenters. The molecule has 18 heavy (non-hydrogen) atoms. The van der Waals surface area contributed by atoms with Crippen LogP contribution in [0, 0.1) is 12.7 Å². The van der Waals surface area contributed by atoms with Crippen molar-refractivity contribution in [3.05, 3.63) is 39.9 Å². The fourth-order valence-corrected chi connectivity index (χ4v) is 1.90. The fourth-order valence-electron chi connectivity index (χ4n) is 1.41. The molecule has 0 spiro atoms. The van der Waals surface area contributed by atoms with Gasteiger partial charge >= 0.3 is 0 Å². The van der Waals surface area contributed by atoms with Gasteiger partial charge in [-0.2, -0.15) is 4.98 Å². The Hall–Kier alpha value is -1.76. The monoisotopic (exact) mass is 312 g/mol. The van der Waals surface area contributed by atoms with Crippen LogP contribution in [0.5, 0.6) is 0 Å². The van der Waals surface area contributed by atoms with Gasteiger partial charge < -0.3 is 0 Å². The summed E-state index contributed by atoms with van der Waals surface area (Å²) in [6, 6.07) is 4.19. The predicted octanol–water partition coefficient (Wildman–Crippen LogP) is 2.20. The van der Waals surface area contributed by atoms with Crippen LogP contribution in [-0.4, -0.2) is 21.1 Å². The number of hydrogen-bond donors (Lipinski definition) is 2. The van der Waals surface area contributed by atoms with Gasteiger partial charge in [-0.1, -0.05) is 22.0 Å². The van der Waals surface area contributed by atoms with Crippen LogP contribution in [0.25, 0.3) is 0 Å². The predicted molar refractivity (Wildman–Crippen MR) is 67.6 cm³/mol. The molecular weight excluding hydrogens is 303 g/mol. The van der Waals surface area contributed by atoms with Gasteiger partial charge in [0, 0.05) is 4.47 Å². The Labute approximate surface area is 111 Å². The lowest BCUT2D eigenvalue weighted by molar-refractivity contribution is -0.115. The van der Waals surface area contributed by atoms with Gasteiger partial charge in [-0.15, -0.1) is 5.10 Å². The first kappa shape index (κ1) is 12.7. The number of halogens is 2. The summed E-state index contributed by atoms with van der Waals surface area (Å²) in [6.07, 6.45) is 0.119. The van der Waals surface area contributed by atoms with E-state index >= 15 is 0 Å². The summed E-state index contributed by atoms with van der Waals surface area (Å²) in [6.45, 7) is 1.74. The molecule has 0 unspecified atom stereocenters. The summed E-state index contributed by atoms with van der Waals surface area (Å²) in [5.41, 5.74) is 0.696. The maximum Gasteiger partial charge on any atom is 0.248 e. The molecule has 0 bridgehead atoms. The molecule has 2 N–H and O–H groups in total. The Morgan fingerprint density at radius 2 is 2.33 bits per heavy atom. The normalized spacial score (nSPS) is 10.4. The number of amides is 1. The molecule has 0 radical (unpaired) electrons. The van der Waals surface area contributed by atoms with Crippen molar-refractivity contribution in [2.75, 3.05) is 5.32 Å². The largest absolute Gasteiger partial charge is 0.293 e. The molecule has 5 nitrogen and oxygen atoms in total. The van der Waals surface area contributed by atoms with Crippen molar-refractivity contribution < 1.29 is 9.18 Å². The maximum absolute atomic E-state index is 12.9. The summed E-state index contributed by atoms with van der Waals surface area (Å²) < 4.78 is 13.4. The van der Waals surface area contributed by atoms with Crippen molar-refractivity contribution in [1.29, 1.82) is 0 Å². The Kier molecular flexibility index (Phi) is 3.71. The topological polar surface area (TPSA) is 70.7 Å². The molecule has 0 aliphatic rings. The van der Waals surface area contributed by atoms with Crippen LogP contribution >= 0.6 is 15.9 Å². The van der Waals surface area contributed by atoms with Crippen LogP contribution in [-0.2, 0) is 11.2 Å². The number of H-pyrrole nitrogens is 1. The average Bonchev–Trinajstić information content (AvgIpc) is 2.68. The van der Waals surface area contributed by atoms with Crippen LogP contribution < -0.4 is 5.32 Å². The third kappa shape index (κ3) is 3.13. The number of aromatic amines is 1. The molecule has 1 aromatic heterocycles. The van der Waals surface area contributed by atoms with E-state index < -0.39 is 0 Å². The first-order valence-corrected chi connectivity index (χ1v) is 5.96. The maximum atomic E-state index is 12.9. The second kappa shape index (κ2) is 5.26. The van der Waals surface area contributed by atoms with Crippen LogP contribution in [0.15, 0.2) is 22.7 Å². The van der Waals surface area contributed by atoms with Gasteiger partial charge in [0.05, 0.1) is 6.42 Å². The van der Waals surface area contributed by atoms with E-state index in [-0.39, 0.29) is 24.1 Å². The van der Waals surface area contributed by atoms with Crippen molar-refractivity contribution in [1.82, 2.24) is 15.2 Å². The smallest absolute Gasteiger partial charge is 0.248 e. The molecule has 1 heterocycles. The summed E-state index contributed by atoms with van der Waals surface area (Å²) in [5, 5.41) is 8.96. The zero-order valence-electron chi connectivity index (χ0n) is 9.50. The highest BCUT2D eigenvalue weighted by molar-refractivity contribution is 9.10. The van der Waals surface area contributed by atoms with E-state index in [1.165, 1.54) is 12.1 Å². The molecule has 2 rings (SSSR count). The number of rotatable bonds is 3. The number of carbonyl (C=O) groups is 1. The van der Waals surface area contributed by atoms with Gasteiger partial charge in [0.15, 0.2) is 0 Å². The SMILES string of the molecule is Cc1nc(NC(=O)Cc2ccc(F)cc2Br)n[nH]1. The minimum atomic E-state index is -0.351. The van der Waals surface area contributed by atoms with Crippen molar-refractivity contribution in [2.24, 2.45) is 0 Å². The molecule has 94 valence electrons. The van der Waals surface area contributed by atoms with E-state index in [1.807, 2.05) is 0 Å². The van der Waals surface area contributed by atoms with Crippen LogP contribution in [0.1, 0.15) is 11.4 Å². The highest BCUT2D eigenvalue weighted by atomic mass is 79.9. The molecule has 0 aliphatic heterocycles. The van der Waals surface area contributed by atoms with Crippen molar-refractivity contribution in [3.63, 3.8) is 0 Å². The molecule has 1 aromatic carbocycles. The van der Waals surface area contributed by atoms with Crippen LogP contribution in [0.2, 0.25) is 0 Å². The first-order chi connectivity index (χ1) is 8.54. The Balaban J connectivity index is 2.03. The molecule has 1 amide bonds. The van der Waals surface area contributed by atoms with Crippen LogP contribution in [0.3, 0.4) is 0 Å². The summed E-state index contributed by atoms with van der Waals surface area (Å²) >= 11 is 3.21. The number of nitrogens with one attached hydrogen (secondary N) is 2. The Morgan fingerprint density at radius 1 is 1.56 bits per heavy atom. The lowest BCUT2D eigenvalue weighted by atomic mass is 10.1. The van der Waals surface area contributed by atoms with Gasteiger partial charge in [0.2, 0.25) is 11.9 Å².